The van der Waals surface area contributed by atoms with Crippen LogP contribution in [0.15, 0.2) is 24.3 Å². The monoisotopic (exact) mass is 289 g/mol. The van der Waals surface area contributed by atoms with Crippen molar-refractivity contribution in [2.45, 2.75) is 13.1 Å². The second kappa shape index (κ2) is 6.45. The number of nitrogens with zero attached hydrogens (tertiary/aromatic N) is 3. The molecule has 114 valence electrons. The molecule has 0 aliphatic carbocycles. The van der Waals surface area contributed by atoms with Crippen molar-refractivity contribution in [2.75, 3.05) is 46.4 Å². The molecule has 3 rings (SSSR count). The Morgan fingerprint density at radius 3 is 2.33 bits per heavy atom. The predicted octanol–water partition coefficient (Wildman–Crippen LogP) is 1.39. The quantitative estimate of drug-likeness (QED) is 0.842. The van der Waals surface area contributed by atoms with Gasteiger partial charge in [-0.25, -0.2) is 4.79 Å². The molecule has 1 saturated heterocycles. The molecule has 21 heavy (non-hydrogen) atoms. The molecule has 0 radical (unpaired) electrons. The lowest BCUT2D eigenvalue weighted by Crippen LogP contribution is -2.45. The highest BCUT2D eigenvalue weighted by molar-refractivity contribution is 5.68. The zero-order valence-electron chi connectivity index (χ0n) is 12.6. The van der Waals surface area contributed by atoms with Crippen molar-refractivity contribution in [3.63, 3.8) is 0 Å². The Kier molecular flexibility index (Phi) is 4.41. The summed E-state index contributed by atoms with van der Waals surface area (Å²) in [7, 11) is 2.14. The maximum Gasteiger partial charge on any atom is 0.410 e. The van der Waals surface area contributed by atoms with Crippen LogP contribution in [0.2, 0.25) is 0 Å². The highest BCUT2D eigenvalue weighted by atomic mass is 16.6. The number of carbonyl (C=O) groups excluding carboxylic acids is 1. The topological polar surface area (TPSA) is 36.0 Å². The first-order chi connectivity index (χ1) is 10.2. The molecule has 2 aliphatic rings. The van der Waals surface area contributed by atoms with E-state index in [1.54, 1.807) is 4.90 Å². The van der Waals surface area contributed by atoms with Gasteiger partial charge in [0.05, 0.1) is 0 Å². The van der Waals surface area contributed by atoms with E-state index in [1.807, 2.05) is 12.1 Å². The molecular formula is C16H23N3O2. The summed E-state index contributed by atoms with van der Waals surface area (Å²) in [5, 5.41) is 0. The fraction of sp³-hybridized carbons (Fsp3) is 0.562. The number of ether oxygens (including phenoxy) is 1. The summed E-state index contributed by atoms with van der Waals surface area (Å²) in [6, 6.07) is 8.18. The first-order valence-corrected chi connectivity index (χ1v) is 7.62. The Hall–Kier alpha value is -1.59. The van der Waals surface area contributed by atoms with Gasteiger partial charge in [0.1, 0.15) is 6.61 Å². The fourth-order valence-electron chi connectivity index (χ4n) is 2.89. The Labute approximate surface area is 126 Å². The second-order valence-electron chi connectivity index (χ2n) is 5.88. The lowest BCUT2D eigenvalue weighted by molar-refractivity contribution is 0.0786. The average Bonchev–Trinajstić information content (AvgIpc) is 2.93. The average molecular weight is 289 g/mol. The Balaban J connectivity index is 1.40. The van der Waals surface area contributed by atoms with Crippen molar-refractivity contribution < 1.29 is 9.53 Å². The number of carbonyl (C=O) groups is 1. The molecule has 0 unspecified atom stereocenters. The molecule has 0 bridgehead atoms. The minimum atomic E-state index is -0.194. The molecule has 2 heterocycles. The summed E-state index contributed by atoms with van der Waals surface area (Å²) in [5.74, 6) is 0. The highest BCUT2D eigenvalue weighted by Gasteiger charge is 2.24. The molecule has 5 heteroatoms. The number of rotatable bonds is 3. The summed E-state index contributed by atoms with van der Waals surface area (Å²) in [5.41, 5.74) is 2.46. The Bertz CT molecular complexity index is 473. The fourth-order valence-corrected chi connectivity index (χ4v) is 2.89. The van der Waals surface area contributed by atoms with Crippen LogP contribution < -0.4 is 0 Å². The van der Waals surface area contributed by atoms with E-state index in [4.69, 9.17) is 4.74 Å². The minimum Gasteiger partial charge on any atom is -0.448 e. The molecule has 5 nitrogen and oxygen atoms in total. The number of piperazine rings is 1. The summed E-state index contributed by atoms with van der Waals surface area (Å²) < 4.78 is 5.42. The zero-order valence-corrected chi connectivity index (χ0v) is 12.6. The van der Waals surface area contributed by atoms with Gasteiger partial charge in [0, 0.05) is 45.8 Å². The van der Waals surface area contributed by atoms with E-state index in [2.05, 4.69) is 29.0 Å². The van der Waals surface area contributed by atoms with E-state index in [0.717, 1.165) is 32.7 Å². The second-order valence-corrected chi connectivity index (χ2v) is 5.88. The Morgan fingerprint density at radius 2 is 1.71 bits per heavy atom. The maximum atomic E-state index is 12.1. The van der Waals surface area contributed by atoms with E-state index in [1.165, 1.54) is 11.1 Å². The molecule has 1 aromatic carbocycles. The number of hydrogen-bond acceptors (Lipinski definition) is 4. The maximum absolute atomic E-state index is 12.1. The lowest BCUT2D eigenvalue weighted by atomic mass is 10.1. The van der Waals surface area contributed by atoms with Gasteiger partial charge in [-0.05, 0) is 18.2 Å². The molecule has 0 atom stereocenters. The van der Waals surface area contributed by atoms with E-state index >= 15 is 0 Å². The number of amides is 1. The van der Waals surface area contributed by atoms with Crippen LogP contribution in [0.3, 0.4) is 0 Å². The summed E-state index contributed by atoms with van der Waals surface area (Å²) in [4.78, 5) is 18.5. The van der Waals surface area contributed by atoms with Gasteiger partial charge < -0.3 is 9.64 Å². The minimum absolute atomic E-state index is 0.194. The lowest BCUT2D eigenvalue weighted by Gasteiger charge is -2.32. The van der Waals surface area contributed by atoms with E-state index < -0.39 is 0 Å². The SMILES string of the molecule is CN1CCN(CCOC(=O)N2Cc3ccccc3C2)CC1. The van der Waals surface area contributed by atoms with Crippen molar-refractivity contribution in [1.82, 2.24) is 14.7 Å². The van der Waals surface area contributed by atoms with Gasteiger partial charge in [-0.1, -0.05) is 24.3 Å². The third-order valence-corrected chi connectivity index (χ3v) is 4.33. The first kappa shape index (κ1) is 14.4. The van der Waals surface area contributed by atoms with Crippen LogP contribution in [0.5, 0.6) is 0 Å². The first-order valence-electron chi connectivity index (χ1n) is 7.62. The van der Waals surface area contributed by atoms with Gasteiger partial charge in [0.15, 0.2) is 0 Å². The normalized spacial score (nSPS) is 19.6. The van der Waals surface area contributed by atoms with Crippen LogP contribution in [0.1, 0.15) is 11.1 Å². The highest BCUT2D eigenvalue weighted by Crippen LogP contribution is 2.22. The molecule has 1 fully saturated rings. The van der Waals surface area contributed by atoms with Crippen LogP contribution in [-0.2, 0) is 17.8 Å². The van der Waals surface area contributed by atoms with Crippen LogP contribution in [0, 0.1) is 0 Å². The van der Waals surface area contributed by atoms with E-state index in [0.29, 0.717) is 19.7 Å². The zero-order chi connectivity index (χ0) is 14.7. The van der Waals surface area contributed by atoms with Crippen LogP contribution >= 0.6 is 0 Å². The van der Waals surface area contributed by atoms with Crippen molar-refractivity contribution >= 4 is 6.09 Å². The number of likely N-dealkylation sites (N-methyl/N-ethyl adjacent to an activating group) is 1. The van der Waals surface area contributed by atoms with Crippen LogP contribution in [0.4, 0.5) is 4.79 Å². The molecule has 1 amide bonds. The smallest absolute Gasteiger partial charge is 0.410 e. The molecule has 2 aliphatic heterocycles. The number of hydrogen-bond donors (Lipinski definition) is 0. The van der Waals surface area contributed by atoms with Crippen LogP contribution in [0.25, 0.3) is 0 Å². The van der Waals surface area contributed by atoms with Crippen molar-refractivity contribution in [1.29, 1.82) is 0 Å². The van der Waals surface area contributed by atoms with E-state index in [9.17, 15) is 4.79 Å². The number of fused-ring (bicyclic) bond motifs is 1. The summed E-state index contributed by atoms with van der Waals surface area (Å²) >= 11 is 0. The Morgan fingerprint density at radius 1 is 1.10 bits per heavy atom. The van der Waals surface area contributed by atoms with Gasteiger partial charge >= 0.3 is 6.09 Å². The van der Waals surface area contributed by atoms with Gasteiger partial charge in [0.25, 0.3) is 0 Å². The van der Waals surface area contributed by atoms with Crippen molar-refractivity contribution in [2.24, 2.45) is 0 Å². The molecule has 0 aromatic heterocycles. The third kappa shape index (κ3) is 3.54. The van der Waals surface area contributed by atoms with Gasteiger partial charge in [0.2, 0.25) is 0 Å². The van der Waals surface area contributed by atoms with Crippen molar-refractivity contribution in [3.05, 3.63) is 35.4 Å². The predicted molar refractivity (Wildman–Crippen MR) is 81.0 cm³/mol. The standard InChI is InChI=1S/C16H23N3O2/c1-17-6-8-18(9-7-17)10-11-21-16(20)19-12-14-4-2-3-5-15(14)13-19/h2-5H,6-13H2,1H3. The molecule has 0 saturated carbocycles. The summed E-state index contributed by atoms with van der Waals surface area (Å²) in [6.07, 6.45) is -0.194. The van der Waals surface area contributed by atoms with Gasteiger partial charge in [-0.15, -0.1) is 0 Å². The third-order valence-electron chi connectivity index (χ3n) is 4.33. The van der Waals surface area contributed by atoms with Crippen molar-refractivity contribution in [3.8, 4) is 0 Å². The van der Waals surface area contributed by atoms with Gasteiger partial charge in [-0.3, -0.25) is 9.80 Å². The number of benzene rings is 1. The summed E-state index contributed by atoms with van der Waals surface area (Å²) in [6.45, 7) is 6.96. The largest absolute Gasteiger partial charge is 0.448 e. The molecule has 0 spiro atoms. The van der Waals surface area contributed by atoms with Gasteiger partial charge in [-0.2, -0.15) is 0 Å². The molecule has 1 aromatic rings. The molecular weight excluding hydrogens is 266 g/mol. The van der Waals surface area contributed by atoms with Crippen LogP contribution in [-0.4, -0.2) is 67.2 Å². The molecule has 0 N–H and O–H groups in total. The van der Waals surface area contributed by atoms with E-state index in [-0.39, 0.29) is 6.09 Å².